The highest BCUT2D eigenvalue weighted by atomic mass is 16.1. The number of hydrogen-bond acceptors (Lipinski definition) is 3. The molecule has 0 radical (unpaired) electrons. The maximum Gasteiger partial charge on any atom is 0.269 e. The number of aromatic nitrogens is 2. The number of rotatable bonds is 4. The predicted molar refractivity (Wildman–Crippen MR) is 95.9 cm³/mol. The minimum atomic E-state index is -0.514. The van der Waals surface area contributed by atoms with Crippen LogP contribution >= 0.6 is 0 Å². The average Bonchev–Trinajstić information content (AvgIpc) is 2.62. The van der Waals surface area contributed by atoms with Crippen molar-refractivity contribution >= 4 is 5.91 Å². The highest BCUT2D eigenvalue weighted by molar-refractivity contribution is 5.92. The van der Waals surface area contributed by atoms with E-state index in [1.165, 1.54) is 37.7 Å². The molecule has 1 fully saturated rings. The van der Waals surface area contributed by atoms with Crippen LogP contribution in [0.5, 0.6) is 0 Å². The lowest BCUT2D eigenvalue weighted by molar-refractivity contribution is 0.0994. The van der Waals surface area contributed by atoms with E-state index in [-0.39, 0.29) is 5.69 Å². The van der Waals surface area contributed by atoms with Gasteiger partial charge in [0.05, 0.1) is 17.1 Å². The number of nitrogens with two attached hydrogens (primary N) is 1. The minimum absolute atomic E-state index is 0.287. The molecule has 4 nitrogen and oxygen atoms in total. The molecule has 0 unspecified atom stereocenters. The Bertz CT molecular complexity index is 731. The molecule has 126 valence electrons. The summed E-state index contributed by atoms with van der Waals surface area (Å²) >= 11 is 0. The Morgan fingerprint density at radius 3 is 2.38 bits per heavy atom. The standard InChI is InChI=1S/C20H25N3O/c1-3-17-19(20(21)24)23-18(13(2)22-17)16-11-9-15(10-12-16)14-7-5-4-6-8-14/h9-12,14H,3-8H2,1-2H3,(H2,21,24). The second-order valence-electron chi connectivity index (χ2n) is 6.63. The van der Waals surface area contributed by atoms with Gasteiger partial charge >= 0.3 is 0 Å². The van der Waals surface area contributed by atoms with Crippen molar-refractivity contribution in [1.82, 2.24) is 9.97 Å². The molecule has 0 saturated heterocycles. The van der Waals surface area contributed by atoms with Crippen molar-refractivity contribution in [2.75, 3.05) is 0 Å². The summed E-state index contributed by atoms with van der Waals surface area (Å²) in [4.78, 5) is 20.7. The van der Waals surface area contributed by atoms with E-state index in [1.54, 1.807) is 0 Å². The molecule has 3 rings (SSSR count). The van der Waals surface area contributed by atoms with Crippen molar-refractivity contribution < 1.29 is 4.79 Å². The van der Waals surface area contributed by atoms with Gasteiger partial charge in [0, 0.05) is 5.56 Å². The van der Waals surface area contributed by atoms with Crippen LogP contribution < -0.4 is 5.73 Å². The topological polar surface area (TPSA) is 68.9 Å². The van der Waals surface area contributed by atoms with Crippen molar-refractivity contribution in [3.63, 3.8) is 0 Å². The summed E-state index contributed by atoms with van der Waals surface area (Å²) in [6.07, 6.45) is 7.25. The van der Waals surface area contributed by atoms with E-state index >= 15 is 0 Å². The van der Waals surface area contributed by atoms with Gasteiger partial charge in [-0.1, -0.05) is 50.5 Å². The van der Waals surface area contributed by atoms with Crippen molar-refractivity contribution in [3.8, 4) is 11.3 Å². The molecule has 0 spiro atoms. The molecule has 2 aromatic rings. The highest BCUT2D eigenvalue weighted by Gasteiger charge is 2.17. The van der Waals surface area contributed by atoms with Crippen LogP contribution in [0.4, 0.5) is 0 Å². The van der Waals surface area contributed by atoms with Gasteiger partial charge in [0.1, 0.15) is 5.69 Å². The number of nitrogens with zero attached hydrogens (tertiary/aromatic N) is 2. The SMILES string of the molecule is CCc1nc(C)c(-c2ccc(C3CCCCC3)cc2)nc1C(N)=O. The van der Waals surface area contributed by atoms with Crippen molar-refractivity contribution in [1.29, 1.82) is 0 Å². The van der Waals surface area contributed by atoms with E-state index in [1.807, 2.05) is 13.8 Å². The lowest BCUT2D eigenvalue weighted by atomic mass is 9.84. The number of hydrogen-bond donors (Lipinski definition) is 1. The van der Waals surface area contributed by atoms with Crippen LogP contribution in [-0.4, -0.2) is 15.9 Å². The van der Waals surface area contributed by atoms with E-state index in [2.05, 4.69) is 34.2 Å². The summed E-state index contributed by atoms with van der Waals surface area (Å²) in [6.45, 7) is 3.88. The van der Waals surface area contributed by atoms with Crippen LogP contribution in [0.15, 0.2) is 24.3 Å². The van der Waals surface area contributed by atoms with E-state index < -0.39 is 5.91 Å². The van der Waals surface area contributed by atoms with Gasteiger partial charge in [-0.25, -0.2) is 4.98 Å². The van der Waals surface area contributed by atoms with Crippen LogP contribution in [0.3, 0.4) is 0 Å². The fraction of sp³-hybridized carbons (Fsp3) is 0.450. The third-order valence-corrected chi connectivity index (χ3v) is 4.97. The first-order chi connectivity index (χ1) is 11.6. The fourth-order valence-corrected chi connectivity index (χ4v) is 3.63. The van der Waals surface area contributed by atoms with Crippen LogP contribution in [0, 0.1) is 6.92 Å². The predicted octanol–water partition coefficient (Wildman–Crippen LogP) is 4.16. The number of benzene rings is 1. The Balaban J connectivity index is 1.93. The molecule has 0 atom stereocenters. The normalized spacial score (nSPS) is 15.4. The van der Waals surface area contributed by atoms with E-state index in [0.29, 0.717) is 18.0 Å². The van der Waals surface area contributed by atoms with Gasteiger partial charge in [-0.05, 0) is 37.7 Å². The molecule has 1 amide bonds. The van der Waals surface area contributed by atoms with Crippen LogP contribution in [0.25, 0.3) is 11.3 Å². The maximum absolute atomic E-state index is 11.7. The molecule has 1 saturated carbocycles. The van der Waals surface area contributed by atoms with E-state index in [0.717, 1.165) is 17.0 Å². The van der Waals surface area contributed by atoms with Gasteiger partial charge in [-0.2, -0.15) is 0 Å². The Labute approximate surface area is 143 Å². The first-order valence-electron chi connectivity index (χ1n) is 8.87. The van der Waals surface area contributed by atoms with Crippen molar-refractivity contribution in [2.24, 2.45) is 5.73 Å². The summed E-state index contributed by atoms with van der Waals surface area (Å²) in [5, 5.41) is 0. The van der Waals surface area contributed by atoms with Gasteiger partial charge in [0.15, 0.2) is 0 Å². The number of carbonyl (C=O) groups is 1. The third-order valence-electron chi connectivity index (χ3n) is 4.97. The summed E-state index contributed by atoms with van der Waals surface area (Å²) in [6, 6.07) is 8.59. The monoisotopic (exact) mass is 323 g/mol. The molecule has 1 heterocycles. The van der Waals surface area contributed by atoms with Gasteiger partial charge in [-0.3, -0.25) is 9.78 Å². The lowest BCUT2D eigenvalue weighted by Crippen LogP contribution is -2.18. The number of primary amides is 1. The second-order valence-corrected chi connectivity index (χ2v) is 6.63. The van der Waals surface area contributed by atoms with Crippen LogP contribution in [0.1, 0.15) is 72.4 Å². The Morgan fingerprint density at radius 1 is 1.12 bits per heavy atom. The van der Waals surface area contributed by atoms with Gasteiger partial charge in [0.2, 0.25) is 0 Å². The molecule has 0 aliphatic heterocycles. The summed E-state index contributed by atoms with van der Waals surface area (Å²) < 4.78 is 0. The Hall–Kier alpha value is -2.23. The summed E-state index contributed by atoms with van der Waals surface area (Å²) in [5.41, 5.74) is 10.4. The third kappa shape index (κ3) is 3.32. The molecular weight excluding hydrogens is 298 g/mol. The fourth-order valence-electron chi connectivity index (χ4n) is 3.63. The highest BCUT2D eigenvalue weighted by Crippen LogP contribution is 2.33. The summed E-state index contributed by atoms with van der Waals surface area (Å²) in [7, 11) is 0. The summed E-state index contributed by atoms with van der Waals surface area (Å²) in [5.74, 6) is 0.169. The first kappa shape index (κ1) is 16.6. The van der Waals surface area contributed by atoms with Gasteiger partial charge in [0.25, 0.3) is 5.91 Å². The van der Waals surface area contributed by atoms with Crippen molar-refractivity contribution in [2.45, 2.75) is 58.3 Å². The van der Waals surface area contributed by atoms with Gasteiger partial charge < -0.3 is 5.73 Å². The maximum atomic E-state index is 11.7. The molecule has 1 aromatic carbocycles. The van der Waals surface area contributed by atoms with Crippen LogP contribution in [-0.2, 0) is 6.42 Å². The Morgan fingerprint density at radius 2 is 1.79 bits per heavy atom. The Kier molecular flexibility index (Phi) is 4.93. The zero-order valence-electron chi connectivity index (χ0n) is 14.5. The minimum Gasteiger partial charge on any atom is -0.364 e. The first-order valence-corrected chi connectivity index (χ1v) is 8.87. The van der Waals surface area contributed by atoms with Crippen LogP contribution in [0.2, 0.25) is 0 Å². The number of carbonyl (C=O) groups excluding carboxylic acids is 1. The quantitative estimate of drug-likeness (QED) is 0.918. The molecule has 1 aliphatic carbocycles. The van der Waals surface area contributed by atoms with E-state index in [4.69, 9.17) is 5.73 Å². The molecule has 24 heavy (non-hydrogen) atoms. The van der Waals surface area contributed by atoms with Gasteiger partial charge in [-0.15, -0.1) is 0 Å². The largest absolute Gasteiger partial charge is 0.364 e. The molecule has 2 N–H and O–H groups in total. The molecule has 1 aromatic heterocycles. The smallest absolute Gasteiger partial charge is 0.269 e. The second kappa shape index (κ2) is 7.12. The zero-order valence-corrected chi connectivity index (χ0v) is 14.5. The average molecular weight is 323 g/mol. The molecule has 4 heteroatoms. The number of amides is 1. The lowest BCUT2D eigenvalue weighted by Gasteiger charge is -2.22. The molecule has 1 aliphatic rings. The molecular formula is C20H25N3O. The van der Waals surface area contributed by atoms with Crippen molar-refractivity contribution in [3.05, 3.63) is 46.9 Å². The van der Waals surface area contributed by atoms with E-state index in [9.17, 15) is 4.79 Å². The molecule has 0 bridgehead atoms. The zero-order chi connectivity index (χ0) is 17.1. The number of aryl methyl sites for hydroxylation is 2.